The summed E-state index contributed by atoms with van der Waals surface area (Å²) in [5.74, 6) is -1.94. The Morgan fingerprint density at radius 2 is 1.23 bits per heavy atom. The fourth-order valence-corrected chi connectivity index (χ4v) is 11.9. The average Bonchev–Trinajstić information content (AvgIpc) is 4.07. The number of piperidine rings is 1. The summed E-state index contributed by atoms with van der Waals surface area (Å²) in [5.41, 5.74) is 1.11. The zero-order chi connectivity index (χ0) is 44.5. The van der Waals surface area contributed by atoms with E-state index in [9.17, 15) is 4.79 Å². The Kier molecular flexibility index (Phi) is 9.60. The maximum absolute atomic E-state index is 16.6. The number of methoxy groups -OCH3 is 2. The molecule has 324 valence electrons. The highest BCUT2D eigenvalue weighted by Gasteiger charge is 2.76. The highest BCUT2D eigenvalue weighted by Crippen LogP contribution is 2.67. The lowest BCUT2D eigenvalue weighted by molar-refractivity contribution is -0.151. The first-order chi connectivity index (χ1) is 31.7. The second-order valence-electron chi connectivity index (χ2n) is 17.6. The van der Waals surface area contributed by atoms with Gasteiger partial charge in [-0.15, -0.1) is 0 Å². The van der Waals surface area contributed by atoms with Gasteiger partial charge in [0.05, 0.1) is 25.6 Å². The number of carbonyl (C=O) groups excluding carboxylic acids is 4. The van der Waals surface area contributed by atoms with E-state index in [1.807, 2.05) is 158 Å². The van der Waals surface area contributed by atoms with Gasteiger partial charge in [-0.05, 0) is 47.9 Å². The van der Waals surface area contributed by atoms with Gasteiger partial charge >= 0.3 is 0 Å². The van der Waals surface area contributed by atoms with Gasteiger partial charge in [0.1, 0.15) is 22.6 Å². The Hall–Kier alpha value is -7.34. The lowest BCUT2D eigenvalue weighted by Gasteiger charge is -2.51. The minimum absolute atomic E-state index is 0.0860. The van der Waals surface area contributed by atoms with Gasteiger partial charge in [0.2, 0.25) is 11.8 Å². The number of para-hydroxylation sites is 4. The fourth-order valence-electron chi connectivity index (χ4n) is 11.9. The minimum Gasteiger partial charge on any atom is -0.496 e. The molecule has 4 N–H and O–H groups in total. The number of amides is 3. The van der Waals surface area contributed by atoms with Crippen LogP contribution in [0.1, 0.15) is 57.8 Å². The number of carbonyl (C=O) groups is 4. The molecule has 0 bridgehead atoms. The van der Waals surface area contributed by atoms with Crippen LogP contribution in [-0.4, -0.2) is 55.7 Å². The van der Waals surface area contributed by atoms with Crippen LogP contribution in [0.25, 0.3) is 6.08 Å². The number of ketones is 1. The quantitative estimate of drug-likeness (QED) is 0.120. The SMILES string of the molecule is COc1ccccc1/C=C1\CN(C(=O)C2CC(c3ccccc3)NC23C(=O)Nc2ccccc23)CC2(C1=O)C(c1ccccc1OC)C(c1ccccc1)NC21C(=O)Nc2ccccc21. The van der Waals surface area contributed by atoms with E-state index < -0.39 is 40.3 Å². The number of likely N-dealkylation sites (tertiary alicyclic amines) is 1. The molecule has 3 spiro atoms. The maximum atomic E-state index is 16.6. The zero-order valence-corrected chi connectivity index (χ0v) is 35.9. The number of anilines is 2. The van der Waals surface area contributed by atoms with Gasteiger partial charge in [-0.25, -0.2) is 0 Å². The largest absolute Gasteiger partial charge is 0.496 e. The topological polar surface area (TPSA) is 138 Å². The molecule has 3 saturated heterocycles. The van der Waals surface area contributed by atoms with E-state index in [1.54, 1.807) is 25.2 Å². The van der Waals surface area contributed by atoms with E-state index in [4.69, 9.17) is 9.47 Å². The molecule has 0 aliphatic carbocycles. The second kappa shape index (κ2) is 15.4. The molecule has 3 amide bonds. The number of hydrogen-bond donors (Lipinski definition) is 4. The van der Waals surface area contributed by atoms with E-state index >= 15 is 14.4 Å². The number of benzene rings is 6. The first kappa shape index (κ1) is 40.4. The third kappa shape index (κ3) is 5.81. The first-order valence-electron chi connectivity index (χ1n) is 22.0. The molecular weight excluding hydrogens is 815 g/mol. The smallest absolute Gasteiger partial charge is 0.250 e. The molecular formula is C54H47N5O6. The predicted octanol–water partition coefficient (Wildman–Crippen LogP) is 7.66. The van der Waals surface area contributed by atoms with Gasteiger partial charge in [0, 0.05) is 70.3 Å². The van der Waals surface area contributed by atoms with Crippen molar-refractivity contribution in [1.29, 1.82) is 0 Å². The van der Waals surface area contributed by atoms with Crippen molar-refractivity contribution in [3.05, 3.63) is 197 Å². The predicted molar refractivity (Wildman–Crippen MR) is 247 cm³/mol. The molecule has 11 rings (SSSR count). The van der Waals surface area contributed by atoms with Gasteiger partial charge < -0.3 is 25.0 Å². The molecule has 0 aromatic heterocycles. The van der Waals surface area contributed by atoms with Crippen LogP contribution in [-0.2, 0) is 30.3 Å². The summed E-state index contributed by atoms with van der Waals surface area (Å²) in [6.07, 6.45) is 2.10. The molecule has 65 heavy (non-hydrogen) atoms. The molecule has 0 radical (unpaired) electrons. The molecule has 6 aromatic carbocycles. The van der Waals surface area contributed by atoms with E-state index in [0.717, 1.165) is 11.1 Å². The first-order valence-corrected chi connectivity index (χ1v) is 22.0. The molecule has 5 heterocycles. The molecule has 3 fully saturated rings. The number of fused-ring (bicyclic) bond motifs is 5. The van der Waals surface area contributed by atoms with Gasteiger partial charge in [-0.3, -0.25) is 29.8 Å². The van der Waals surface area contributed by atoms with Gasteiger partial charge in [-0.2, -0.15) is 0 Å². The van der Waals surface area contributed by atoms with Crippen LogP contribution in [0.15, 0.2) is 163 Å². The Labute approximate surface area is 376 Å². The van der Waals surface area contributed by atoms with Crippen LogP contribution in [0.4, 0.5) is 11.4 Å². The molecule has 11 heteroatoms. The van der Waals surface area contributed by atoms with Crippen molar-refractivity contribution in [1.82, 2.24) is 15.5 Å². The van der Waals surface area contributed by atoms with Crippen molar-refractivity contribution in [2.45, 2.75) is 35.5 Å². The number of rotatable bonds is 7. The van der Waals surface area contributed by atoms with Crippen LogP contribution in [0, 0.1) is 11.3 Å². The van der Waals surface area contributed by atoms with Crippen molar-refractivity contribution in [3.63, 3.8) is 0 Å². The molecule has 5 aliphatic rings. The lowest BCUT2D eigenvalue weighted by Crippen LogP contribution is -2.67. The summed E-state index contributed by atoms with van der Waals surface area (Å²) in [4.78, 5) is 64.9. The zero-order valence-electron chi connectivity index (χ0n) is 35.9. The summed E-state index contributed by atoms with van der Waals surface area (Å²) in [7, 11) is 3.18. The van der Waals surface area contributed by atoms with Crippen molar-refractivity contribution in [3.8, 4) is 11.5 Å². The highest BCUT2D eigenvalue weighted by atomic mass is 16.5. The Balaban J connectivity index is 1.18. The molecule has 5 aliphatic heterocycles. The van der Waals surface area contributed by atoms with E-state index in [-0.39, 0.29) is 36.7 Å². The summed E-state index contributed by atoms with van der Waals surface area (Å²) >= 11 is 0. The van der Waals surface area contributed by atoms with Crippen molar-refractivity contribution >= 4 is 41.0 Å². The lowest BCUT2D eigenvalue weighted by atomic mass is 9.55. The second-order valence-corrected chi connectivity index (χ2v) is 17.6. The minimum atomic E-state index is -1.71. The summed E-state index contributed by atoms with van der Waals surface area (Å²) in [6, 6.07) is 48.7. The number of Topliss-reactive ketones (excluding diaryl/α,β-unsaturated/α-hetero) is 1. The van der Waals surface area contributed by atoms with Crippen LogP contribution in [0.5, 0.6) is 11.5 Å². The van der Waals surface area contributed by atoms with Crippen molar-refractivity contribution in [2.75, 3.05) is 37.9 Å². The number of nitrogens with zero attached hydrogens (tertiary/aromatic N) is 1. The van der Waals surface area contributed by atoms with Crippen LogP contribution < -0.4 is 30.7 Å². The van der Waals surface area contributed by atoms with Crippen molar-refractivity contribution in [2.24, 2.45) is 11.3 Å². The standard InChI is InChI=1S/C54H47N5O6/c1-64-44-27-15-9-21-35(44)29-36-31-59(49(61)40-30-43(33-17-5-3-6-18-33)57-53(40)38-23-11-13-25-41(38)55-50(53)62)32-52(48(36)60)46(37-22-10-16-28-45(37)65-2)47(34-19-7-4-8-20-34)58-54(52)39-24-12-14-26-42(39)56-51(54)63/h3-29,40,43,46-47,57-58H,30-32H2,1-2H3,(H,55,62)(H,56,63)/b36-29+. The number of hydrogen-bond acceptors (Lipinski definition) is 8. The van der Waals surface area contributed by atoms with Crippen LogP contribution in [0.3, 0.4) is 0 Å². The summed E-state index contributed by atoms with van der Waals surface area (Å²) in [6.45, 7) is -0.252. The Morgan fingerprint density at radius 3 is 1.95 bits per heavy atom. The summed E-state index contributed by atoms with van der Waals surface area (Å²) < 4.78 is 12.0. The van der Waals surface area contributed by atoms with Gasteiger partial charge in [0.25, 0.3) is 5.91 Å². The average molecular weight is 862 g/mol. The number of ether oxygens (including phenoxy) is 2. The third-order valence-corrected chi connectivity index (χ3v) is 14.6. The molecule has 0 saturated carbocycles. The van der Waals surface area contributed by atoms with E-state index in [2.05, 4.69) is 21.3 Å². The molecule has 11 nitrogen and oxygen atoms in total. The highest BCUT2D eigenvalue weighted by molar-refractivity contribution is 6.17. The normalized spacial score (nSPS) is 28.1. The Morgan fingerprint density at radius 1 is 0.646 bits per heavy atom. The maximum Gasteiger partial charge on any atom is 0.250 e. The van der Waals surface area contributed by atoms with Crippen LogP contribution in [0.2, 0.25) is 0 Å². The Bertz CT molecular complexity index is 2940. The van der Waals surface area contributed by atoms with Crippen molar-refractivity contribution < 1.29 is 28.7 Å². The molecule has 6 aromatic rings. The van der Waals surface area contributed by atoms with Gasteiger partial charge in [-0.1, -0.05) is 133 Å². The molecule has 7 atom stereocenters. The third-order valence-electron chi connectivity index (χ3n) is 14.6. The fraction of sp³-hybridized carbons (Fsp3) is 0.222. The summed E-state index contributed by atoms with van der Waals surface area (Å²) in [5, 5.41) is 13.8. The van der Waals surface area contributed by atoms with Gasteiger partial charge in [0.15, 0.2) is 5.78 Å². The van der Waals surface area contributed by atoms with Crippen LogP contribution >= 0.6 is 0 Å². The molecule has 7 unspecified atom stereocenters. The monoisotopic (exact) mass is 861 g/mol. The van der Waals surface area contributed by atoms with E-state index in [1.165, 1.54) is 0 Å². The van der Waals surface area contributed by atoms with E-state index in [0.29, 0.717) is 57.1 Å². The number of nitrogens with one attached hydrogen (secondary N) is 4.